The summed E-state index contributed by atoms with van der Waals surface area (Å²) in [5.41, 5.74) is 11.6. The van der Waals surface area contributed by atoms with Gasteiger partial charge in [0.25, 0.3) is 0 Å². The molecular formula is C6H13IN2. The standard InChI is InChI=1S/C6H13IN2/c7-6(9)3-1-5(8)2-4-6/h5H,1-4,8-9H2. The zero-order valence-corrected chi connectivity index (χ0v) is 7.60. The van der Waals surface area contributed by atoms with Gasteiger partial charge >= 0.3 is 0 Å². The molecule has 54 valence electrons. The van der Waals surface area contributed by atoms with Gasteiger partial charge < -0.3 is 11.5 Å². The van der Waals surface area contributed by atoms with E-state index in [0.29, 0.717) is 6.04 Å². The third-order valence-corrected chi connectivity index (χ3v) is 2.94. The van der Waals surface area contributed by atoms with Crippen molar-refractivity contribution in [2.75, 3.05) is 0 Å². The average molecular weight is 240 g/mol. The largest absolute Gasteiger partial charge is 0.328 e. The fraction of sp³-hybridized carbons (Fsp3) is 1.00. The fourth-order valence-electron chi connectivity index (χ4n) is 1.12. The van der Waals surface area contributed by atoms with E-state index in [-0.39, 0.29) is 3.55 Å². The third kappa shape index (κ3) is 2.39. The number of alkyl halides is 1. The van der Waals surface area contributed by atoms with Crippen molar-refractivity contribution in [3.63, 3.8) is 0 Å². The molecule has 1 fully saturated rings. The molecule has 0 heterocycles. The molecule has 1 aliphatic carbocycles. The highest BCUT2D eigenvalue weighted by Crippen LogP contribution is 2.30. The lowest BCUT2D eigenvalue weighted by molar-refractivity contribution is 0.381. The van der Waals surface area contributed by atoms with E-state index in [2.05, 4.69) is 22.6 Å². The van der Waals surface area contributed by atoms with Crippen LogP contribution in [0, 0.1) is 0 Å². The Balaban J connectivity index is 2.35. The number of hydrogen-bond donors (Lipinski definition) is 2. The maximum Gasteiger partial charge on any atom is 0.0681 e. The molecule has 0 aromatic carbocycles. The Labute approximate surface area is 69.5 Å². The molecule has 2 nitrogen and oxygen atoms in total. The van der Waals surface area contributed by atoms with Crippen LogP contribution in [0.5, 0.6) is 0 Å². The molecule has 3 heteroatoms. The lowest BCUT2D eigenvalue weighted by Gasteiger charge is -2.30. The quantitative estimate of drug-likeness (QED) is 0.376. The number of halogens is 1. The molecule has 0 unspecified atom stereocenters. The number of hydrogen-bond acceptors (Lipinski definition) is 2. The van der Waals surface area contributed by atoms with Crippen molar-refractivity contribution in [3.05, 3.63) is 0 Å². The smallest absolute Gasteiger partial charge is 0.0681 e. The molecule has 1 rings (SSSR count). The van der Waals surface area contributed by atoms with Gasteiger partial charge in [-0.2, -0.15) is 0 Å². The normalized spacial score (nSPS) is 45.0. The van der Waals surface area contributed by atoms with Crippen molar-refractivity contribution >= 4 is 22.6 Å². The molecule has 1 saturated carbocycles. The molecule has 9 heavy (non-hydrogen) atoms. The van der Waals surface area contributed by atoms with E-state index in [0.717, 1.165) is 25.7 Å². The van der Waals surface area contributed by atoms with Gasteiger partial charge in [0.15, 0.2) is 0 Å². The summed E-state index contributed by atoms with van der Waals surface area (Å²) in [6.45, 7) is 0. The van der Waals surface area contributed by atoms with Crippen LogP contribution in [0.1, 0.15) is 25.7 Å². The van der Waals surface area contributed by atoms with E-state index in [1.807, 2.05) is 0 Å². The van der Waals surface area contributed by atoms with E-state index < -0.39 is 0 Å². The van der Waals surface area contributed by atoms with Crippen LogP contribution in [-0.2, 0) is 0 Å². The van der Waals surface area contributed by atoms with Crippen LogP contribution < -0.4 is 11.5 Å². The van der Waals surface area contributed by atoms with Crippen LogP contribution in [0.3, 0.4) is 0 Å². The van der Waals surface area contributed by atoms with Crippen molar-refractivity contribution in [2.45, 2.75) is 35.3 Å². The summed E-state index contributed by atoms with van der Waals surface area (Å²) in [5, 5.41) is 0. The van der Waals surface area contributed by atoms with Crippen LogP contribution in [-0.4, -0.2) is 9.59 Å². The predicted molar refractivity (Wildman–Crippen MR) is 47.4 cm³/mol. The average Bonchev–Trinajstić information content (AvgIpc) is 1.78. The van der Waals surface area contributed by atoms with Crippen molar-refractivity contribution < 1.29 is 0 Å². The van der Waals surface area contributed by atoms with Gasteiger partial charge in [-0.05, 0) is 25.7 Å². The Morgan fingerprint density at radius 2 is 1.78 bits per heavy atom. The molecule has 0 saturated heterocycles. The highest BCUT2D eigenvalue weighted by Gasteiger charge is 2.26. The van der Waals surface area contributed by atoms with E-state index in [1.165, 1.54) is 0 Å². The zero-order chi connectivity index (χ0) is 6.91. The topological polar surface area (TPSA) is 52.0 Å². The van der Waals surface area contributed by atoms with Crippen LogP contribution in [0.15, 0.2) is 0 Å². The summed E-state index contributed by atoms with van der Waals surface area (Å²) in [5.74, 6) is 0. The highest BCUT2D eigenvalue weighted by atomic mass is 127. The molecule has 4 N–H and O–H groups in total. The molecule has 0 aromatic rings. The summed E-state index contributed by atoms with van der Waals surface area (Å²) in [7, 11) is 0. The summed E-state index contributed by atoms with van der Waals surface area (Å²) in [4.78, 5) is 0. The van der Waals surface area contributed by atoms with Crippen molar-refractivity contribution in [1.82, 2.24) is 0 Å². The van der Waals surface area contributed by atoms with Gasteiger partial charge in [0.1, 0.15) is 0 Å². The predicted octanol–water partition coefficient (Wildman–Crippen LogP) is 0.978. The Bertz CT molecular complexity index is 93.2. The first-order valence-corrected chi connectivity index (χ1v) is 4.41. The Hall–Kier alpha value is 0.650. The second-order valence-electron chi connectivity index (χ2n) is 2.87. The number of rotatable bonds is 0. The second-order valence-corrected chi connectivity index (χ2v) is 5.02. The van der Waals surface area contributed by atoms with E-state index >= 15 is 0 Å². The molecule has 0 amide bonds. The summed E-state index contributed by atoms with van der Waals surface area (Å²) < 4.78 is 0.0492. The zero-order valence-electron chi connectivity index (χ0n) is 5.44. The van der Waals surface area contributed by atoms with Crippen LogP contribution in [0.2, 0.25) is 0 Å². The molecule has 1 aliphatic rings. The summed E-state index contributed by atoms with van der Waals surface area (Å²) >= 11 is 2.32. The van der Waals surface area contributed by atoms with E-state index in [4.69, 9.17) is 11.5 Å². The molecule has 0 bridgehead atoms. The number of nitrogens with two attached hydrogens (primary N) is 2. The maximum absolute atomic E-state index is 5.87. The molecule has 0 aromatic heterocycles. The van der Waals surface area contributed by atoms with Gasteiger partial charge in [-0.1, -0.05) is 22.6 Å². The monoisotopic (exact) mass is 240 g/mol. The Morgan fingerprint density at radius 1 is 1.33 bits per heavy atom. The van der Waals surface area contributed by atoms with Gasteiger partial charge in [0.05, 0.1) is 3.55 Å². The summed E-state index contributed by atoms with van der Waals surface area (Å²) in [6.07, 6.45) is 4.35. The van der Waals surface area contributed by atoms with Gasteiger partial charge in [-0.15, -0.1) is 0 Å². The van der Waals surface area contributed by atoms with Crippen LogP contribution in [0.25, 0.3) is 0 Å². The lowest BCUT2D eigenvalue weighted by atomic mass is 9.92. The van der Waals surface area contributed by atoms with Gasteiger partial charge in [0, 0.05) is 6.04 Å². The second kappa shape index (κ2) is 2.72. The Kier molecular flexibility index (Phi) is 2.34. The van der Waals surface area contributed by atoms with Crippen LogP contribution in [0.4, 0.5) is 0 Å². The van der Waals surface area contributed by atoms with Gasteiger partial charge in [-0.25, -0.2) is 0 Å². The Morgan fingerprint density at radius 3 is 2.11 bits per heavy atom. The maximum atomic E-state index is 5.87. The minimum Gasteiger partial charge on any atom is -0.328 e. The van der Waals surface area contributed by atoms with Gasteiger partial charge in [-0.3, -0.25) is 0 Å². The van der Waals surface area contributed by atoms with Crippen LogP contribution >= 0.6 is 22.6 Å². The minimum absolute atomic E-state index is 0.0492. The molecule has 0 aliphatic heterocycles. The van der Waals surface area contributed by atoms with E-state index in [9.17, 15) is 0 Å². The summed E-state index contributed by atoms with van der Waals surface area (Å²) in [6, 6.07) is 0.413. The lowest BCUT2D eigenvalue weighted by Crippen LogP contribution is -2.40. The van der Waals surface area contributed by atoms with Crippen molar-refractivity contribution in [2.24, 2.45) is 11.5 Å². The molecular weight excluding hydrogens is 227 g/mol. The van der Waals surface area contributed by atoms with Crippen molar-refractivity contribution in [1.29, 1.82) is 0 Å². The minimum atomic E-state index is 0.0492. The molecule has 0 spiro atoms. The SMILES string of the molecule is NC1CCC(N)(I)CC1. The first kappa shape index (κ1) is 7.75. The fourth-order valence-corrected chi connectivity index (χ4v) is 1.74. The van der Waals surface area contributed by atoms with Crippen molar-refractivity contribution in [3.8, 4) is 0 Å². The third-order valence-electron chi connectivity index (χ3n) is 1.86. The highest BCUT2D eigenvalue weighted by molar-refractivity contribution is 14.1. The van der Waals surface area contributed by atoms with Gasteiger partial charge in [0.2, 0.25) is 0 Å². The first-order valence-electron chi connectivity index (χ1n) is 3.33. The molecule has 0 radical (unpaired) electrons. The van der Waals surface area contributed by atoms with E-state index in [1.54, 1.807) is 0 Å². The first-order chi connectivity index (χ1) is 4.10. The molecule has 0 atom stereocenters.